The van der Waals surface area contributed by atoms with Crippen LogP contribution in [0.5, 0.6) is 11.5 Å². The number of nitrogens with one attached hydrogen (secondary N) is 1. The first-order chi connectivity index (χ1) is 13.2. The van der Waals surface area contributed by atoms with Crippen molar-refractivity contribution in [3.05, 3.63) is 76.8 Å². The summed E-state index contributed by atoms with van der Waals surface area (Å²) in [6, 6.07) is 15.3. The first-order valence-electron chi connectivity index (χ1n) is 8.53. The third kappa shape index (κ3) is 3.29. The number of fused-ring (bicyclic) bond motifs is 1. The lowest BCUT2D eigenvalue weighted by molar-refractivity contribution is 0.393. The second kappa shape index (κ2) is 6.99. The molecule has 2 heterocycles. The average Bonchev–Trinajstić information content (AvgIpc) is 3.14. The zero-order valence-electron chi connectivity index (χ0n) is 15.1. The van der Waals surface area contributed by atoms with Gasteiger partial charge in [0.15, 0.2) is 0 Å². The number of ether oxygens (including phenoxy) is 2. The van der Waals surface area contributed by atoms with Gasteiger partial charge in [-0.15, -0.1) is 0 Å². The second-order valence-electron chi connectivity index (χ2n) is 6.20. The van der Waals surface area contributed by atoms with Crippen LogP contribution in [0.4, 0.5) is 0 Å². The zero-order chi connectivity index (χ0) is 18.8. The average molecular weight is 361 g/mol. The number of aromatic nitrogens is 3. The van der Waals surface area contributed by atoms with Gasteiger partial charge in [0, 0.05) is 30.5 Å². The second-order valence-corrected chi connectivity index (χ2v) is 6.20. The third-order valence-corrected chi connectivity index (χ3v) is 4.47. The van der Waals surface area contributed by atoms with E-state index >= 15 is 0 Å². The largest absolute Gasteiger partial charge is 0.497 e. The van der Waals surface area contributed by atoms with Gasteiger partial charge in [0.1, 0.15) is 17.3 Å². The highest BCUT2D eigenvalue weighted by atomic mass is 16.5. The molecule has 136 valence electrons. The molecule has 6 heteroatoms. The van der Waals surface area contributed by atoms with Crippen LogP contribution in [0, 0.1) is 0 Å². The smallest absolute Gasteiger partial charge is 0.259 e. The number of imidazole rings is 1. The number of benzene rings is 2. The summed E-state index contributed by atoms with van der Waals surface area (Å²) < 4.78 is 12.6. The van der Waals surface area contributed by atoms with E-state index in [9.17, 15) is 4.79 Å². The molecule has 4 aromatic rings. The summed E-state index contributed by atoms with van der Waals surface area (Å²) in [5.41, 5.74) is 2.17. The monoisotopic (exact) mass is 361 g/mol. The van der Waals surface area contributed by atoms with E-state index in [1.807, 2.05) is 59.3 Å². The van der Waals surface area contributed by atoms with Gasteiger partial charge in [0.05, 0.1) is 19.8 Å². The molecular weight excluding hydrogens is 342 g/mol. The summed E-state index contributed by atoms with van der Waals surface area (Å²) in [6.45, 7) is 0.537. The molecular formula is C21H19N3O3. The first-order valence-corrected chi connectivity index (χ1v) is 8.53. The van der Waals surface area contributed by atoms with Gasteiger partial charge in [-0.25, -0.2) is 4.98 Å². The van der Waals surface area contributed by atoms with E-state index in [1.165, 1.54) is 0 Å². The normalized spacial score (nSPS) is 10.9. The molecule has 4 rings (SSSR count). The number of H-pyrrole nitrogens is 1. The maximum atomic E-state index is 12.6. The Morgan fingerprint density at radius 3 is 2.52 bits per heavy atom. The number of aromatic amines is 1. The lowest BCUT2D eigenvalue weighted by Gasteiger charge is -2.11. The first kappa shape index (κ1) is 16.9. The van der Waals surface area contributed by atoms with Crippen LogP contribution in [-0.2, 0) is 6.54 Å². The molecule has 6 nitrogen and oxygen atoms in total. The predicted molar refractivity (Wildman–Crippen MR) is 104 cm³/mol. The van der Waals surface area contributed by atoms with E-state index in [0.29, 0.717) is 17.9 Å². The number of hydrogen-bond donors (Lipinski definition) is 1. The molecule has 27 heavy (non-hydrogen) atoms. The van der Waals surface area contributed by atoms with Crippen molar-refractivity contribution in [3.8, 4) is 22.9 Å². The Balaban J connectivity index is 1.76. The summed E-state index contributed by atoms with van der Waals surface area (Å²) in [6.07, 6.45) is 3.55. The van der Waals surface area contributed by atoms with E-state index in [2.05, 4.69) is 9.97 Å². The van der Waals surface area contributed by atoms with Gasteiger partial charge in [-0.05, 0) is 35.2 Å². The number of hydrogen-bond acceptors (Lipinski definition) is 4. The molecule has 2 aromatic carbocycles. The Bertz CT molecular complexity index is 1140. The summed E-state index contributed by atoms with van der Waals surface area (Å²) >= 11 is 0. The lowest BCUT2D eigenvalue weighted by Crippen LogP contribution is -2.12. The standard InChI is InChI=1S/C21H19N3O3/c1-26-16-9-14(10-17(12-16)27-2)13-24-8-7-22-20(24)18-11-15-5-3-4-6-19(15)23-21(18)25/h3-12H,13H2,1-2H3,(H,23,25). The van der Waals surface area contributed by atoms with Crippen LogP contribution in [0.3, 0.4) is 0 Å². The minimum atomic E-state index is -0.163. The quantitative estimate of drug-likeness (QED) is 0.591. The van der Waals surface area contributed by atoms with Crippen molar-refractivity contribution in [1.29, 1.82) is 0 Å². The highest BCUT2D eigenvalue weighted by Gasteiger charge is 2.12. The van der Waals surface area contributed by atoms with E-state index in [1.54, 1.807) is 20.4 Å². The van der Waals surface area contributed by atoms with E-state index in [4.69, 9.17) is 9.47 Å². The van der Waals surface area contributed by atoms with Crippen molar-refractivity contribution in [1.82, 2.24) is 14.5 Å². The molecule has 0 aliphatic heterocycles. The number of rotatable bonds is 5. The van der Waals surface area contributed by atoms with Crippen LogP contribution in [0.25, 0.3) is 22.3 Å². The maximum Gasteiger partial charge on any atom is 0.259 e. The molecule has 0 amide bonds. The van der Waals surface area contributed by atoms with Crippen molar-refractivity contribution < 1.29 is 9.47 Å². The van der Waals surface area contributed by atoms with E-state index in [-0.39, 0.29) is 5.56 Å². The van der Waals surface area contributed by atoms with Gasteiger partial charge in [0.2, 0.25) is 0 Å². The molecule has 0 fully saturated rings. The maximum absolute atomic E-state index is 12.6. The minimum absolute atomic E-state index is 0.163. The molecule has 1 N–H and O–H groups in total. The number of pyridine rings is 1. The Morgan fingerprint density at radius 1 is 1.04 bits per heavy atom. The van der Waals surface area contributed by atoms with Gasteiger partial charge < -0.3 is 19.0 Å². The zero-order valence-corrected chi connectivity index (χ0v) is 15.1. The highest BCUT2D eigenvalue weighted by Crippen LogP contribution is 2.25. The Kier molecular flexibility index (Phi) is 4.38. The molecule has 0 bridgehead atoms. The fourth-order valence-corrected chi connectivity index (χ4v) is 3.15. The Labute approximate surface area is 156 Å². The summed E-state index contributed by atoms with van der Waals surface area (Å²) in [5, 5.41) is 0.963. The predicted octanol–water partition coefficient (Wildman–Crippen LogP) is 3.46. The fourth-order valence-electron chi connectivity index (χ4n) is 3.15. The number of nitrogens with zero attached hydrogens (tertiary/aromatic N) is 2. The number of methoxy groups -OCH3 is 2. The Morgan fingerprint density at radius 2 is 1.78 bits per heavy atom. The fraction of sp³-hybridized carbons (Fsp3) is 0.143. The van der Waals surface area contributed by atoms with Crippen LogP contribution < -0.4 is 15.0 Å². The van der Waals surface area contributed by atoms with Crippen molar-refractivity contribution in [2.24, 2.45) is 0 Å². The molecule has 0 saturated carbocycles. The van der Waals surface area contributed by atoms with Gasteiger partial charge in [-0.1, -0.05) is 18.2 Å². The van der Waals surface area contributed by atoms with Crippen LogP contribution in [-0.4, -0.2) is 28.8 Å². The SMILES string of the molecule is COc1cc(Cn2ccnc2-c2cc3ccccc3[nH]c2=O)cc(OC)c1. The van der Waals surface area contributed by atoms with Crippen molar-refractivity contribution >= 4 is 10.9 Å². The molecule has 0 unspecified atom stereocenters. The van der Waals surface area contributed by atoms with E-state index < -0.39 is 0 Å². The van der Waals surface area contributed by atoms with E-state index in [0.717, 1.165) is 28.0 Å². The lowest BCUT2D eigenvalue weighted by atomic mass is 10.1. The molecule has 0 aliphatic carbocycles. The van der Waals surface area contributed by atoms with Crippen LogP contribution >= 0.6 is 0 Å². The van der Waals surface area contributed by atoms with Crippen molar-refractivity contribution in [2.75, 3.05) is 14.2 Å². The summed E-state index contributed by atoms with van der Waals surface area (Å²) in [7, 11) is 3.24. The Hall–Kier alpha value is -3.54. The van der Waals surface area contributed by atoms with Crippen LogP contribution in [0.2, 0.25) is 0 Å². The summed E-state index contributed by atoms with van der Waals surface area (Å²) in [5.74, 6) is 2.05. The number of para-hydroxylation sites is 1. The molecule has 2 aromatic heterocycles. The third-order valence-electron chi connectivity index (χ3n) is 4.47. The van der Waals surface area contributed by atoms with Crippen LogP contribution in [0.1, 0.15) is 5.56 Å². The minimum Gasteiger partial charge on any atom is -0.497 e. The molecule has 0 spiro atoms. The molecule has 0 saturated heterocycles. The van der Waals surface area contributed by atoms with Crippen LogP contribution in [0.15, 0.2) is 65.7 Å². The topological polar surface area (TPSA) is 69.1 Å². The van der Waals surface area contributed by atoms with Gasteiger partial charge in [-0.2, -0.15) is 0 Å². The van der Waals surface area contributed by atoms with Gasteiger partial charge >= 0.3 is 0 Å². The molecule has 0 atom stereocenters. The highest BCUT2D eigenvalue weighted by molar-refractivity contribution is 5.82. The van der Waals surface area contributed by atoms with Crippen molar-refractivity contribution in [2.45, 2.75) is 6.54 Å². The van der Waals surface area contributed by atoms with Crippen molar-refractivity contribution in [3.63, 3.8) is 0 Å². The van der Waals surface area contributed by atoms with Gasteiger partial charge in [-0.3, -0.25) is 4.79 Å². The molecule has 0 aliphatic rings. The van der Waals surface area contributed by atoms with Gasteiger partial charge in [0.25, 0.3) is 5.56 Å². The molecule has 0 radical (unpaired) electrons. The summed E-state index contributed by atoms with van der Waals surface area (Å²) in [4.78, 5) is 19.9.